The van der Waals surface area contributed by atoms with Crippen LogP contribution in [0.5, 0.6) is 5.75 Å². The van der Waals surface area contributed by atoms with Gasteiger partial charge in [-0.15, -0.1) is 0 Å². The van der Waals surface area contributed by atoms with E-state index in [4.69, 9.17) is 32.7 Å². The van der Waals surface area contributed by atoms with Gasteiger partial charge in [-0.1, -0.05) is 29.3 Å². The van der Waals surface area contributed by atoms with E-state index in [2.05, 4.69) is 26.2 Å². The Morgan fingerprint density at radius 3 is 2.68 bits per heavy atom. The molecule has 194 valence electrons. The summed E-state index contributed by atoms with van der Waals surface area (Å²) in [6.45, 7) is 5.03. The lowest BCUT2D eigenvalue weighted by atomic mass is 10.0. The first-order valence-corrected chi connectivity index (χ1v) is 12.8. The van der Waals surface area contributed by atoms with Crippen LogP contribution in [0.2, 0.25) is 10.0 Å². The molecule has 1 fully saturated rings. The number of nitriles is 1. The summed E-state index contributed by atoms with van der Waals surface area (Å²) >= 11 is 12.6. The Morgan fingerprint density at radius 2 is 1.95 bits per heavy atom. The first-order chi connectivity index (χ1) is 18.4. The molecule has 1 aliphatic rings. The van der Waals surface area contributed by atoms with Gasteiger partial charge in [-0.2, -0.15) is 10.4 Å². The highest BCUT2D eigenvalue weighted by atomic mass is 35.5. The number of nitrogens with zero attached hydrogens (tertiary/aromatic N) is 4. The summed E-state index contributed by atoms with van der Waals surface area (Å²) in [6, 6.07) is 10.7. The first kappa shape index (κ1) is 26.1. The predicted molar refractivity (Wildman–Crippen MR) is 146 cm³/mol. The Hall–Kier alpha value is -3.48. The number of aromatic amines is 1. The molecule has 1 atom stereocenters. The molecule has 0 spiro atoms. The molecule has 1 unspecified atom stereocenters. The summed E-state index contributed by atoms with van der Waals surface area (Å²) in [5, 5.41) is 18.7. The lowest BCUT2D eigenvalue weighted by Gasteiger charge is -2.26. The van der Waals surface area contributed by atoms with Crippen molar-refractivity contribution in [1.82, 2.24) is 20.1 Å². The average molecular weight is 552 g/mol. The average Bonchev–Trinajstić information content (AvgIpc) is 3.31. The summed E-state index contributed by atoms with van der Waals surface area (Å²) in [5.74, 6) is 0.251. The highest BCUT2D eigenvalue weighted by Crippen LogP contribution is 2.33. The Balaban J connectivity index is 1.38. The second-order valence-corrected chi connectivity index (χ2v) is 9.77. The molecule has 5 rings (SSSR count). The Labute approximate surface area is 229 Å². The van der Waals surface area contributed by atoms with Crippen LogP contribution in [0.25, 0.3) is 23.1 Å². The van der Waals surface area contributed by atoms with Crippen molar-refractivity contribution in [3.05, 3.63) is 86.5 Å². The molecule has 0 amide bonds. The summed E-state index contributed by atoms with van der Waals surface area (Å²) in [4.78, 5) is 6.10. The largest absolute Gasteiger partial charge is 0.486 e. The van der Waals surface area contributed by atoms with Crippen LogP contribution in [0.3, 0.4) is 0 Å². The zero-order valence-electron chi connectivity index (χ0n) is 20.5. The van der Waals surface area contributed by atoms with Gasteiger partial charge in [0, 0.05) is 48.5 Å². The minimum absolute atomic E-state index is 0.347. The number of H-pyrrole nitrogens is 1. The summed E-state index contributed by atoms with van der Waals surface area (Å²) < 4.78 is 26.4. The standard InChI is InChI=1S/C28H24Cl2FN5O2/c1-17(28-23(29)14-33-15-24(28)30)38-21-3-5-27-22(12-21)26(34-35-27)4-2-18-11-25(31)20(10-19(18)13-32)16-36-6-8-37-9-7-36/h2-5,10-12,14-15,17H,6-9,16H2,1H3,(H,34,35)/b4-2+. The molecular formula is C28H24Cl2FN5O2. The predicted octanol–water partition coefficient (Wildman–Crippen LogP) is 6.42. The second-order valence-electron chi connectivity index (χ2n) is 8.96. The molecule has 2 aromatic carbocycles. The van der Waals surface area contributed by atoms with Gasteiger partial charge in [-0.05, 0) is 48.9 Å². The number of hydrogen-bond donors (Lipinski definition) is 1. The second kappa shape index (κ2) is 11.5. The number of aromatic nitrogens is 3. The van der Waals surface area contributed by atoms with E-state index >= 15 is 0 Å². The molecule has 4 aromatic rings. The topological polar surface area (TPSA) is 87.1 Å². The van der Waals surface area contributed by atoms with Crippen LogP contribution in [0.15, 0.2) is 42.7 Å². The Morgan fingerprint density at radius 1 is 1.18 bits per heavy atom. The minimum Gasteiger partial charge on any atom is -0.486 e. The van der Waals surface area contributed by atoms with E-state index in [1.54, 1.807) is 18.2 Å². The lowest BCUT2D eigenvalue weighted by Crippen LogP contribution is -2.35. The Kier molecular flexibility index (Phi) is 7.91. The molecule has 10 heteroatoms. The maximum absolute atomic E-state index is 14.9. The van der Waals surface area contributed by atoms with Crippen molar-refractivity contribution in [1.29, 1.82) is 5.26 Å². The van der Waals surface area contributed by atoms with Gasteiger partial charge in [0.25, 0.3) is 0 Å². The maximum Gasteiger partial charge on any atom is 0.128 e. The van der Waals surface area contributed by atoms with E-state index in [0.717, 1.165) is 24.0 Å². The van der Waals surface area contributed by atoms with Crippen LogP contribution >= 0.6 is 23.2 Å². The molecule has 0 aliphatic carbocycles. The molecule has 0 bridgehead atoms. The third kappa shape index (κ3) is 5.66. The number of morpholine rings is 1. The molecule has 0 saturated carbocycles. The maximum atomic E-state index is 14.9. The number of nitrogens with one attached hydrogen (secondary N) is 1. The number of pyridine rings is 1. The fraction of sp³-hybridized carbons (Fsp3) is 0.250. The highest BCUT2D eigenvalue weighted by Gasteiger charge is 2.17. The van der Waals surface area contributed by atoms with Crippen molar-refractivity contribution in [2.75, 3.05) is 26.3 Å². The molecule has 3 heterocycles. The summed E-state index contributed by atoms with van der Waals surface area (Å²) in [5.41, 5.74) is 3.46. The summed E-state index contributed by atoms with van der Waals surface area (Å²) in [6.07, 6.45) is 6.08. The number of fused-ring (bicyclic) bond motifs is 1. The molecule has 7 nitrogen and oxygen atoms in total. The third-order valence-electron chi connectivity index (χ3n) is 6.43. The van der Waals surface area contributed by atoms with E-state index in [9.17, 15) is 9.65 Å². The number of halogens is 3. The van der Waals surface area contributed by atoms with Crippen LogP contribution in [-0.2, 0) is 11.3 Å². The molecule has 2 aromatic heterocycles. The van der Waals surface area contributed by atoms with E-state index in [1.165, 1.54) is 18.5 Å². The summed E-state index contributed by atoms with van der Waals surface area (Å²) in [7, 11) is 0. The van der Waals surface area contributed by atoms with Gasteiger partial charge in [-0.3, -0.25) is 15.0 Å². The van der Waals surface area contributed by atoms with Crippen LogP contribution in [0.1, 0.15) is 41.0 Å². The van der Waals surface area contributed by atoms with Crippen molar-refractivity contribution in [2.45, 2.75) is 19.6 Å². The zero-order valence-corrected chi connectivity index (χ0v) is 22.1. The number of benzene rings is 2. The van der Waals surface area contributed by atoms with Gasteiger partial charge >= 0.3 is 0 Å². The van der Waals surface area contributed by atoms with Gasteiger partial charge in [0.15, 0.2) is 0 Å². The van der Waals surface area contributed by atoms with Gasteiger partial charge in [0.2, 0.25) is 0 Å². The minimum atomic E-state index is -0.418. The van der Waals surface area contributed by atoms with Gasteiger partial charge in [0.05, 0.1) is 46.1 Å². The van der Waals surface area contributed by atoms with Crippen molar-refractivity contribution < 1.29 is 13.9 Å². The van der Waals surface area contributed by atoms with E-state index in [-0.39, 0.29) is 5.82 Å². The quantitative estimate of drug-likeness (QED) is 0.285. The number of rotatable bonds is 7. The van der Waals surface area contributed by atoms with E-state index in [1.807, 2.05) is 25.1 Å². The van der Waals surface area contributed by atoms with Crippen molar-refractivity contribution >= 4 is 46.3 Å². The van der Waals surface area contributed by atoms with Crippen molar-refractivity contribution in [3.8, 4) is 11.8 Å². The van der Waals surface area contributed by atoms with Crippen LogP contribution < -0.4 is 4.74 Å². The van der Waals surface area contributed by atoms with Crippen LogP contribution in [0.4, 0.5) is 4.39 Å². The molecule has 1 N–H and O–H groups in total. The number of hydrogen-bond acceptors (Lipinski definition) is 6. The Bertz CT molecular complexity index is 1520. The van der Waals surface area contributed by atoms with Crippen molar-refractivity contribution in [3.63, 3.8) is 0 Å². The zero-order chi connectivity index (χ0) is 26.6. The van der Waals surface area contributed by atoms with Crippen molar-refractivity contribution in [2.24, 2.45) is 0 Å². The smallest absolute Gasteiger partial charge is 0.128 e. The first-order valence-electron chi connectivity index (χ1n) is 12.1. The monoisotopic (exact) mass is 551 g/mol. The van der Waals surface area contributed by atoms with Crippen LogP contribution in [0, 0.1) is 17.1 Å². The fourth-order valence-corrected chi connectivity index (χ4v) is 5.12. The molecule has 0 radical (unpaired) electrons. The van der Waals surface area contributed by atoms with Gasteiger partial charge < -0.3 is 9.47 Å². The van der Waals surface area contributed by atoms with E-state index in [0.29, 0.717) is 63.5 Å². The lowest BCUT2D eigenvalue weighted by molar-refractivity contribution is 0.0337. The van der Waals surface area contributed by atoms with Gasteiger partial charge in [-0.25, -0.2) is 4.39 Å². The number of ether oxygens (including phenoxy) is 2. The third-order valence-corrected chi connectivity index (χ3v) is 7.03. The molecule has 38 heavy (non-hydrogen) atoms. The SMILES string of the molecule is CC(Oc1ccc2[nH]nc(/C=C/c3cc(F)c(CN4CCOCC4)cc3C#N)c2c1)c1c(Cl)cncc1Cl. The van der Waals surface area contributed by atoms with E-state index < -0.39 is 6.10 Å². The fourth-order valence-electron chi connectivity index (χ4n) is 4.44. The normalized spacial score (nSPS) is 15.1. The van der Waals surface area contributed by atoms with Crippen LogP contribution in [-0.4, -0.2) is 46.4 Å². The molecule has 1 aliphatic heterocycles. The molecular weight excluding hydrogens is 528 g/mol. The van der Waals surface area contributed by atoms with Gasteiger partial charge in [0.1, 0.15) is 17.7 Å². The highest BCUT2D eigenvalue weighted by molar-refractivity contribution is 6.35. The molecule has 1 saturated heterocycles.